The van der Waals surface area contributed by atoms with Gasteiger partial charge in [0.05, 0.1) is 0 Å². The molecule has 0 N–H and O–H groups in total. The molecule has 0 aliphatic heterocycles. The monoisotopic (exact) mass is 190 g/mol. The van der Waals surface area contributed by atoms with Gasteiger partial charge >= 0.3 is 0 Å². The van der Waals surface area contributed by atoms with Crippen molar-refractivity contribution in [3.63, 3.8) is 0 Å². The van der Waals surface area contributed by atoms with Gasteiger partial charge in [0.2, 0.25) is 6.41 Å². The molecule has 1 aromatic heterocycles. The average molecular weight is 190 g/mol. The molecule has 0 amide bonds. The van der Waals surface area contributed by atoms with Crippen molar-refractivity contribution in [2.75, 3.05) is 0 Å². The van der Waals surface area contributed by atoms with Gasteiger partial charge in [0.25, 0.3) is 0 Å². The Hall–Kier alpha value is -1.97. The Bertz CT molecular complexity index is 447. The van der Waals surface area contributed by atoms with Gasteiger partial charge in [-0.05, 0) is 24.3 Å². The Kier molecular flexibility index (Phi) is 2.10. The van der Waals surface area contributed by atoms with E-state index in [2.05, 4.69) is 4.98 Å². The summed E-state index contributed by atoms with van der Waals surface area (Å²) < 4.78 is 14.0. The van der Waals surface area contributed by atoms with Crippen molar-refractivity contribution < 1.29 is 9.18 Å². The normalized spacial score (nSPS) is 10.1. The summed E-state index contributed by atoms with van der Waals surface area (Å²) in [4.78, 5) is 14.6. The van der Waals surface area contributed by atoms with E-state index in [0.717, 1.165) is 0 Å². The lowest BCUT2D eigenvalue weighted by Crippen LogP contribution is -1.96. The van der Waals surface area contributed by atoms with E-state index in [1.165, 1.54) is 22.9 Å². The van der Waals surface area contributed by atoms with Crippen LogP contribution < -0.4 is 0 Å². The fourth-order valence-corrected chi connectivity index (χ4v) is 1.22. The zero-order valence-electron chi connectivity index (χ0n) is 7.22. The van der Waals surface area contributed by atoms with E-state index in [1.54, 1.807) is 18.3 Å². The third kappa shape index (κ3) is 1.42. The summed E-state index contributed by atoms with van der Waals surface area (Å²) in [5.74, 6) is 0.206. The van der Waals surface area contributed by atoms with E-state index >= 15 is 0 Å². The maximum absolute atomic E-state index is 12.6. The molecule has 0 saturated heterocycles. The Labute approximate surface area is 79.8 Å². The van der Waals surface area contributed by atoms with Gasteiger partial charge in [0.15, 0.2) is 0 Å². The lowest BCUT2D eigenvalue weighted by atomic mass is 10.2. The van der Waals surface area contributed by atoms with Crippen LogP contribution in [0.3, 0.4) is 0 Å². The van der Waals surface area contributed by atoms with E-state index in [0.29, 0.717) is 17.8 Å². The zero-order chi connectivity index (χ0) is 9.97. The molecule has 0 unspecified atom stereocenters. The third-order valence-electron chi connectivity index (χ3n) is 1.88. The summed E-state index contributed by atoms with van der Waals surface area (Å²) in [5.41, 5.74) is 0.712. The lowest BCUT2D eigenvalue weighted by molar-refractivity contribution is 0.548. The highest BCUT2D eigenvalue weighted by atomic mass is 19.1. The minimum absolute atomic E-state index is 0.307. The lowest BCUT2D eigenvalue weighted by Gasteiger charge is -1.99. The molecule has 4 heteroatoms. The van der Waals surface area contributed by atoms with Crippen LogP contribution in [0.5, 0.6) is 0 Å². The van der Waals surface area contributed by atoms with Gasteiger partial charge in [0, 0.05) is 18.0 Å². The van der Waals surface area contributed by atoms with Crippen LogP contribution in [0.2, 0.25) is 0 Å². The van der Waals surface area contributed by atoms with Crippen LogP contribution in [0.4, 0.5) is 4.39 Å². The number of rotatable bonds is 2. The van der Waals surface area contributed by atoms with Crippen molar-refractivity contribution in [1.29, 1.82) is 0 Å². The SMILES string of the molecule is O=Cn1ccnc1-c1ccc(F)cc1. The maximum atomic E-state index is 12.6. The van der Waals surface area contributed by atoms with Gasteiger partial charge < -0.3 is 0 Å². The molecule has 0 spiro atoms. The zero-order valence-corrected chi connectivity index (χ0v) is 7.22. The number of carbonyl (C=O) groups is 1. The molecule has 0 aliphatic carbocycles. The summed E-state index contributed by atoms with van der Waals surface area (Å²) in [6.07, 6.45) is 3.73. The molecule has 70 valence electrons. The van der Waals surface area contributed by atoms with E-state index in [-0.39, 0.29) is 5.82 Å². The van der Waals surface area contributed by atoms with Crippen LogP contribution in [-0.2, 0) is 4.79 Å². The number of aromatic nitrogens is 2. The first-order chi connectivity index (χ1) is 6.81. The minimum Gasteiger partial charge on any atom is -0.278 e. The molecule has 2 rings (SSSR count). The standard InChI is InChI=1S/C10H7FN2O/c11-9-3-1-8(2-4-9)10-12-5-6-13(10)7-14/h1-7H. The number of hydrogen-bond acceptors (Lipinski definition) is 2. The number of nitrogens with zero attached hydrogens (tertiary/aromatic N) is 2. The van der Waals surface area contributed by atoms with Crippen molar-refractivity contribution in [2.24, 2.45) is 0 Å². The predicted molar refractivity (Wildman–Crippen MR) is 49.8 cm³/mol. The van der Waals surface area contributed by atoms with Crippen LogP contribution >= 0.6 is 0 Å². The van der Waals surface area contributed by atoms with E-state index in [4.69, 9.17) is 0 Å². The van der Waals surface area contributed by atoms with Crippen LogP contribution in [-0.4, -0.2) is 16.0 Å². The van der Waals surface area contributed by atoms with E-state index in [1.807, 2.05) is 0 Å². The number of hydrogen-bond donors (Lipinski definition) is 0. The topological polar surface area (TPSA) is 34.9 Å². The van der Waals surface area contributed by atoms with Crippen molar-refractivity contribution >= 4 is 6.41 Å². The number of halogens is 1. The predicted octanol–water partition coefficient (Wildman–Crippen LogP) is 1.73. The van der Waals surface area contributed by atoms with Crippen molar-refractivity contribution in [2.45, 2.75) is 0 Å². The van der Waals surface area contributed by atoms with Crippen molar-refractivity contribution in [3.8, 4) is 11.4 Å². The van der Waals surface area contributed by atoms with Gasteiger partial charge in [0.1, 0.15) is 11.6 Å². The molecule has 0 radical (unpaired) electrons. The molecule has 1 heterocycles. The highest BCUT2D eigenvalue weighted by Gasteiger charge is 2.04. The fourth-order valence-electron chi connectivity index (χ4n) is 1.22. The Morgan fingerprint density at radius 1 is 1.29 bits per heavy atom. The molecule has 0 atom stereocenters. The van der Waals surface area contributed by atoms with Gasteiger partial charge in [-0.25, -0.2) is 9.37 Å². The van der Waals surface area contributed by atoms with Crippen molar-refractivity contribution in [3.05, 3.63) is 42.5 Å². The van der Waals surface area contributed by atoms with Crippen LogP contribution in [0, 0.1) is 5.82 Å². The molecule has 0 saturated carbocycles. The Morgan fingerprint density at radius 3 is 2.64 bits per heavy atom. The summed E-state index contributed by atoms with van der Waals surface area (Å²) >= 11 is 0. The molecule has 0 bridgehead atoms. The molecule has 1 aromatic carbocycles. The van der Waals surface area contributed by atoms with Gasteiger partial charge in [-0.3, -0.25) is 9.36 Å². The van der Waals surface area contributed by atoms with Gasteiger partial charge in [-0.1, -0.05) is 0 Å². The Morgan fingerprint density at radius 2 is 2.00 bits per heavy atom. The number of benzene rings is 1. The van der Waals surface area contributed by atoms with Crippen LogP contribution in [0.25, 0.3) is 11.4 Å². The summed E-state index contributed by atoms with van der Waals surface area (Å²) in [5, 5.41) is 0. The summed E-state index contributed by atoms with van der Waals surface area (Å²) in [6.45, 7) is 0. The highest BCUT2D eigenvalue weighted by Crippen LogP contribution is 2.16. The van der Waals surface area contributed by atoms with E-state index in [9.17, 15) is 9.18 Å². The van der Waals surface area contributed by atoms with E-state index < -0.39 is 0 Å². The molecule has 0 fully saturated rings. The molecule has 0 aliphatic rings. The smallest absolute Gasteiger partial charge is 0.219 e. The number of carbonyl (C=O) groups excluding carboxylic acids is 1. The fraction of sp³-hybridized carbons (Fsp3) is 0. The highest BCUT2D eigenvalue weighted by molar-refractivity contribution is 5.65. The first-order valence-corrected chi connectivity index (χ1v) is 4.05. The quantitative estimate of drug-likeness (QED) is 0.676. The second kappa shape index (κ2) is 3.41. The molecule has 2 aromatic rings. The van der Waals surface area contributed by atoms with Crippen LogP contribution in [0.1, 0.15) is 0 Å². The first kappa shape index (κ1) is 8.62. The second-order valence-corrected chi connectivity index (χ2v) is 2.77. The maximum Gasteiger partial charge on any atom is 0.219 e. The van der Waals surface area contributed by atoms with Crippen molar-refractivity contribution in [1.82, 2.24) is 9.55 Å². The molecular weight excluding hydrogens is 183 g/mol. The van der Waals surface area contributed by atoms with Crippen LogP contribution in [0.15, 0.2) is 36.7 Å². The average Bonchev–Trinajstić information content (AvgIpc) is 2.67. The summed E-state index contributed by atoms with van der Waals surface area (Å²) in [7, 11) is 0. The molecule has 14 heavy (non-hydrogen) atoms. The largest absolute Gasteiger partial charge is 0.278 e. The number of imidazole rings is 1. The summed E-state index contributed by atoms with van der Waals surface area (Å²) in [6, 6.07) is 5.83. The molecular formula is C10H7FN2O. The second-order valence-electron chi connectivity index (χ2n) is 2.77. The van der Waals surface area contributed by atoms with Gasteiger partial charge in [-0.15, -0.1) is 0 Å². The molecule has 3 nitrogen and oxygen atoms in total. The first-order valence-electron chi connectivity index (χ1n) is 4.05. The third-order valence-corrected chi connectivity index (χ3v) is 1.88. The Balaban J connectivity index is 2.49. The van der Waals surface area contributed by atoms with Gasteiger partial charge in [-0.2, -0.15) is 0 Å². The minimum atomic E-state index is -0.307.